The first-order valence-corrected chi connectivity index (χ1v) is 12.3. The average molecular weight is 469 g/mol. The number of carbonyl (C=O) groups is 2. The summed E-state index contributed by atoms with van der Waals surface area (Å²) in [7, 11) is -1.79. The molecule has 1 fully saturated rings. The minimum atomic E-state index is -3.11. The standard InChI is InChI=1S/C24H24N2O6S/c1-31-23(27)20-4-2-18(3-5-20)16-26(24(28)25-11-14-33(29,30)15-12-25)22-8-6-19(7-9-22)21-10-13-32-17-21/h2-10,13,17H,11-12,14-16H2,1H3. The van der Waals surface area contributed by atoms with E-state index in [0.29, 0.717) is 11.3 Å². The van der Waals surface area contributed by atoms with Crippen LogP contribution < -0.4 is 4.90 Å². The van der Waals surface area contributed by atoms with E-state index in [4.69, 9.17) is 9.15 Å². The van der Waals surface area contributed by atoms with Gasteiger partial charge in [0.2, 0.25) is 0 Å². The molecule has 2 amide bonds. The van der Waals surface area contributed by atoms with Crippen LogP contribution in [0.1, 0.15) is 15.9 Å². The summed E-state index contributed by atoms with van der Waals surface area (Å²) in [6.45, 7) is 0.576. The highest BCUT2D eigenvalue weighted by Crippen LogP contribution is 2.26. The van der Waals surface area contributed by atoms with E-state index in [1.54, 1.807) is 46.6 Å². The summed E-state index contributed by atoms with van der Waals surface area (Å²) in [5, 5.41) is 0. The second-order valence-corrected chi connectivity index (χ2v) is 10.1. The fourth-order valence-corrected chi connectivity index (χ4v) is 4.85. The molecule has 0 radical (unpaired) electrons. The summed E-state index contributed by atoms with van der Waals surface area (Å²) in [5.41, 5.74) is 3.80. The van der Waals surface area contributed by atoms with Gasteiger partial charge in [0.1, 0.15) is 0 Å². The molecule has 0 bridgehead atoms. The normalized spacial score (nSPS) is 15.1. The van der Waals surface area contributed by atoms with Crippen molar-refractivity contribution >= 4 is 27.5 Å². The molecule has 0 unspecified atom stereocenters. The van der Waals surface area contributed by atoms with E-state index in [1.807, 2.05) is 30.3 Å². The molecule has 8 nitrogen and oxygen atoms in total. The molecule has 0 aliphatic carbocycles. The van der Waals surface area contributed by atoms with Crippen LogP contribution in [-0.4, -0.2) is 57.0 Å². The van der Waals surface area contributed by atoms with Crippen molar-refractivity contribution in [2.75, 3.05) is 36.6 Å². The number of carbonyl (C=O) groups excluding carboxylic acids is 2. The lowest BCUT2D eigenvalue weighted by Gasteiger charge is -2.33. The molecule has 0 atom stereocenters. The average Bonchev–Trinajstić information content (AvgIpc) is 3.37. The summed E-state index contributed by atoms with van der Waals surface area (Å²) >= 11 is 0. The predicted molar refractivity (Wildman–Crippen MR) is 124 cm³/mol. The molecule has 0 saturated carbocycles. The van der Waals surface area contributed by atoms with Crippen molar-refractivity contribution in [2.45, 2.75) is 6.54 Å². The number of furan rings is 1. The molecule has 172 valence electrons. The second-order valence-electron chi connectivity index (χ2n) is 7.75. The van der Waals surface area contributed by atoms with E-state index in [0.717, 1.165) is 16.7 Å². The zero-order valence-corrected chi connectivity index (χ0v) is 19.0. The first-order chi connectivity index (χ1) is 15.9. The van der Waals surface area contributed by atoms with Gasteiger partial charge in [-0.25, -0.2) is 18.0 Å². The van der Waals surface area contributed by atoms with Crippen LogP contribution in [0.25, 0.3) is 11.1 Å². The third-order valence-electron chi connectivity index (χ3n) is 5.60. The van der Waals surface area contributed by atoms with Crippen LogP contribution in [0.5, 0.6) is 0 Å². The van der Waals surface area contributed by atoms with Gasteiger partial charge >= 0.3 is 12.0 Å². The minimum Gasteiger partial charge on any atom is -0.472 e. The lowest BCUT2D eigenvalue weighted by atomic mass is 10.1. The van der Waals surface area contributed by atoms with E-state index in [2.05, 4.69) is 0 Å². The largest absolute Gasteiger partial charge is 0.472 e. The van der Waals surface area contributed by atoms with Crippen LogP contribution in [0.15, 0.2) is 71.5 Å². The maximum Gasteiger partial charge on any atom is 0.337 e. The van der Waals surface area contributed by atoms with Crippen molar-refractivity contribution in [3.05, 3.63) is 78.3 Å². The number of methoxy groups -OCH3 is 1. The highest BCUT2D eigenvalue weighted by atomic mass is 32.2. The molecule has 1 aromatic heterocycles. The Labute approximate surface area is 192 Å². The molecule has 1 aliphatic rings. The smallest absolute Gasteiger partial charge is 0.337 e. The van der Waals surface area contributed by atoms with Gasteiger partial charge in [0.15, 0.2) is 9.84 Å². The van der Waals surface area contributed by atoms with Crippen molar-refractivity contribution in [1.29, 1.82) is 0 Å². The zero-order chi connectivity index (χ0) is 23.4. The van der Waals surface area contributed by atoms with Crippen LogP contribution in [0.3, 0.4) is 0 Å². The van der Waals surface area contributed by atoms with E-state index in [-0.39, 0.29) is 37.2 Å². The highest BCUT2D eigenvalue weighted by molar-refractivity contribution is 7.91. The Bertz CT molecular complexity index is 1200. The number of ether oxygens (including phenoxy) is 1. The van der Waals surface area contributed by atoms with E-state index in [1.165, 1.54) is 7.11 Å². The Kier molecular flexibility index (Phi) is 6.50. The van der Waals surface area contributed by atoms with Crippen LogP contribution in [0.2, 0.25) is 0 Å². The van der Waals surface area contributed by atoms with Crippen LogP contribution in [0, 0.1) is 0 Å². The summed E-state index contributed by atoms with van der Waals surface area (Å²) in [6, 6.07) is 15.9. The van der Waals surface area contributed by atoms with Gasteiger partial charge < -0.3 is 14.1 Å². The highest BCUT2D eigenvalue weighted by Gasteiger charge is 2.29. The van der Waals surface area contributed by atoms with Gasteiger partial charge in [0.25, 0.3) is 0 Å². The number of esters is 1. The number of amides is 2. The van der Waals surface area contributed by atoms with E-state index in [9.17, 15) is 18.0 Å². The fourth-order valence-electron chi connectivity index (χ4n) is 3.65. The quantitative estimate of drug-likeness (QED) is 0.531. The SMILES string of the molecule is COC(=O)c1ccc(CN(C(=O)N2CCS(=O)(=O)CC2)c2ccc(-c3ccoc3)cc2)cc1. The third kappa shape index (κ3) is 5.25. The van der Waals surface area contributed by atoms with Crippen molar-refractivity contribution in [3.8, 4) is 11.1 Å². The molecule has 3 aromatic rings. The third-order valence-corrected chi connectivity index (χ3v) is 7.20. The van der Waals surface area contributed by atoms with Gasteiger partial charge in [0.05, 0.1) is 43.3 Å². The Morgan fingerprint density at radius 3 is 2.21 bits per heavy atom. The maximum atomic E-state index is 13.4. The Balaban J connectivity index is 1.60. The summed E-state index contributed by atoms with van der Waals surface area (Å²) in [6.07, 6.45) is 3.25. The number of hydrogen-bond donors (Lipinski definition) is 0. The topological polar surface area (TPSA) is 97.1 Å². The van der Waals surface area contributed by atoms with Crippen LogP contribution in [0.4, 0.5) is 10.5 Å². The molecule has 33 heavy (non-hydrogen) atoms. The van der Waals surface area contributed by atoms with E-state index >= 15 is 0 Å². The predicted octanol–water partition coefficient (Wildman–Crippen LogP) is 3.59. The van der Waals surface area contributed by atoms with Gasteiger partial charge in [-0.3, -0.25) is 4.90 Å². The molecule has 9 heteroatoms. The van der Waals surface area contributed by atoms with Gasteiger partial charge in [0, 0.05) is 24.3 Å². The zero-order valence-electron chi connectivity index (χ0n) is 18.1. The van der Waals surface area contributed by atoms with Crippen molar-refractivity contribution in [2.24, 2.45) is 0 Å². The molecule has 0 spiro atoms. The van der Waals surface area contributed by atoms with Gasteiger partial charge in [-0.15, -0.1) is 0 Å². The number of urea groups is 1. The molecule has 4 rings (SSSR count). The summed E-state index contributed by atoms with van der Waals surface area (Å²) < 4.78 is 33.5. The van der Waals surface area contributed by atoms with Crippen molar-refractivity contribution in [3.63, 3.8) is 0 Å². The first kappa shape index (κ1) is 22.6. The molecular formula is C24H24N2O6S. The monoisotopic (exact) mass is 468 g/mol. The maximum absolute atomic E-state index is 13.4. The van der Waals surface area contributed by atoms with Gasteiger partial charge in [-0.2, -0.15) is 0 Å². The number of anilines is 1. The van der Waals surface area contributed by atoms with Crippen LogP contribution >= 0.6 is 0 Å². The molecular weight excluding hydrogens is 444 g/mol. The minimum absolute atomic E-state index is 0.0418. The second kappa shape index (κ2) is 9.50. The molecule has 1 aliphatic heterocycles. The van der Waals surface area contributed by atoms with Crippen molar-refractivity contribution in [1.82, 2.24) is 4.90 Å². The Morgan fingerprint density at radius 1 is 0.970 bits per heavy atom. The van der Waals surface area contributed by atoms with Gasteiger partial charge in [-0.05, 0) is 41.5 Å². The van der Waals surface area contributed by atoms with E-state index < -0.39 is 15.8 Å². The Hall–Kier alpha value is -3.59. The number of sulfone groups is 1. The number of hydrogen-bond acceptors (Lipinski definition) is 6. The summed E-state index contributed by atoms with van der Waals surface area (Å²) in [5.74, 6) is -0.515. The summed E-state index contributed by atoms with van der Waals surface area (Å²) in [4.78, 5) is 28.3. The first-order valence-electron chi connectivity index (χ1n) is 10.4. The fraction of sp³-hybridized carbons (Fsp3) is 0.250. The lowest BCUT2D eigenvalue weighted by Crippen LogP contribution is -2.49. The van der Waals surface area contributed by atoms with Crippen LogP contribution in [-0.2, 0) is 21.1 Å². The molecule has 2 heterocycles. The van der Waals surface area contributed by atoms with Crippen molar-refractivity contribution < 1.29 is 27.2 Å². The molecule has 0 N–H and O–H groups in total. The molecule has 1 saturated heterocycles. The Morgan fingerprint density at radius 2 is 1.64 bits per heavy atom. The van der Waals surface area contributed by atoms with Gasteiger partial charge in [-0.1, -0.05) is 24.3 Å². The number of rotatable bonds is 5. The number of nitrogens with zero attached hydrogens (tertiary/aromatic N) is 2. The lowest BCUT2D eigenvalue weighted by molar-refractivity contribution is 0.0600. The molecule has 2 aromatic carbocycles. The number of benzene rings is 2.